The SMILES string of the molecule is CC1(C)OC[C@@H](C[C@H]2Cc3cc(F)ccc3Cc3ccccc32)O1. The van der Waals surface area contributed by atoms with Crippen molar-refractivity contribution in [3.05, 3.63) is 70.5 Å². The van der Waals surface area contributed by atoms with Gasteiger partial charge in [0.1, 0.15) is 5.82 Å². The number of hydrogen-bond donors (Lipinski definition) is 0. The molecule has 1 saturated heterocycles. The zero-order chi connectivity index (χ0) is 16.7. The summed E-state index contributed by atoms with van der Waals surface area (Å²) < 4.78 is 25.5. The lowest BCUT2D eigenvalue weighted by molar-refractivity contribution is -0.139. The molecule has 2 aromatic carbocycles. The molecule has 0 aromatic heterocycles. The van der Waals surface area contributed by atoms with E-state index >= 15 is 0 Å². The first-order chi connectivity index (χ1) is 11.5. The molecule has 2 aliphatic rings. The third kappa shape index (κ3) is 3.11. The Balaban J connectivity index is 1.67. The second-order valence-electron chi connectivity index (χ2n) is 7.38. The molecule has 4 rings (SSSR count). The van der Waals surface area contributed by atoms with Gasteiger partial charge < -0.3 is 9.47 Å². The van der Waals surface area contributed by atoms with Crippen molar-refractivity contribution in [1.29, 1.82) is 0 Å². The van der Waals surface area contributed by atoms with Gasteiger partial charge >= 0.3 is 0 Å². The lowest BCUT2D eigenvalue weighted by Gasteiger charge is -2.22. The Hall–Kier alpha value is -1.71. The van der Waals surface area contributed by atoms with E-state index in [0.717, 1.165) is 24.8 Å². The van der Waals surface area contributed by atoms with Crippen LogP contribution in [0, 0.1) is 5.82 Å². The van der Waals surface area contributed by atoms with Crippen molar-refractivity contribution in [2.75, 3.05) is 6.61 Å². The molecule has 0 amide bonds. The molecule has 2 aromatic rings. The minimum absolute atomic E-state index is 0.0909. The predicted octanol–water partition coefficient (Wildman–Crippen LogP) is 4.60. The highest BCUT2D eigenvalue weighted by atomic mass is 19.1. The van der Waals surface area contributed by atoms with Crippen LogP contribution in [0.5, 0.6) is 0 Å². The predicted molar refractivity (Wildman–Crippen MR) is 91.6 cm³/mol. The summed E-state index contributed by atoms with van der Waals surface area (Å²) in [6.07, 6.45) is 2.71. The molecule has 2 atom stereocenters. The molecular formula is C21H23FO2. The summed E-state index contributed by atoms with van der Waals surface area (Å²) >= 11 is 0. The summed E-state index contributed by atoms with van der Waals surface area (Å²) in [4.78, 5) is 0. The van der Waals surface area contributed by atoms with Crippen LogP contribution in [0.25, 0.3) is 0 Å². The molecule has 0 radical (unpaired) electrons. The zero-order valence-corrected chi connectivity index (χ0v) is 14.2. The fraction of sp³-hybridized carbons (Fsp3) is 0.429. The number of hydrogen-bond acceptors (Lipinski definition) is 2. The molecule has 1 fully saturated rings. The maximum absolute atomic E-state index is 13.7. The van der Waals surface area contributed by atoms with Crippen molar-refractivity contribution in [2.45, 2.75) is 50.9 Å². The first-order valence-corrected chi connectivity index (χ1v) is 8.67. The highest BCUT2D eigenvalue weighted by molar-refractivity contribution is 5.42. The summed E-state index contributed by atoms with van der Waals surface area (Å²) in [6, 6.07) is 13.8. The number of benzene rings is 2. The van der Waals surface area contributed by atoms with Gasteiger partial charge in [0.15, 0.2) is 5.79 Å². The number of rotatable bonds is 2. The summed E-state index contributed by atoms with van der Waals surface area (Å²) in [5, 5.41) is 0. The Morgan fingerprint density at radius 3 is 2.71 bits per heavy atom. The quantitative estimate of drug-likeness (QED) is 0.803. The van der Waals surface area contributed by atoms with Crippen LogP contribution in [0.15, 0.2) is 42.5 Å². The lowest BCUT2D eigenvalue weighted by atomic mass is 9.87. The van der Waals surface area contributed by atoms with Crippen molar-refractivity contribution in [3.8, 4) is 0 Å². The molecule has 2 nitrogen and oxygen atoms in total. The molecule has 0 N–H and O–H groups in total. The molecule has 0 saturated carbocycles. The van der Waals surface area contributed by atoms with Gasteiger partial charge in [-0.15, -0.1) is 0 Å². The minimum atomic E-state index is -0.501. The van der Waals surface area contributed by atoms with Crippen LogP contribution in [0.2, 0.25) is 0 Å². The average molecular weight is 326 g/mol. The van der Waals surface area contributed by atoms with Gasteiger partial charge in [-0.1, -0.05) is 30.3 Å². The highest BCUT2D eigenvalue weighted by Crippen LogP contribution is 2.37. The molecule has 1 heterocycles. The zero-order valence-electron chi connectivity index (χ0n) is 14.2. The molecule has 1 aliphatic carbocycles. The van der Waals surface area contributed by atoms with Gasteiger partial charge in [-0.3, -0.25) is 0 Å². The second kappa shape index (κ2) is 5.98. The Kier molecular flexibility index (Phi) is 3.93. The minimum Gasteiger partial charge on any atom is -0.348 e. The van der Waals surface area contributed by atoms with Crippen molar-refractivity contribution in [1.82, 2.24) is 0 Å². The maximum atomic E-state index is 13.7. The Morgan fingerprint density at radius 1 is 1.08 bits per heavy atom. The molecule has 3 heteroatoms. The van der Waals surface area contributed by atoms with Gasteiger partial charge in [-0.25, -0.2) is 4.39 Å². The van der Waals surface area contributed by atoms with E-state index in [-0.39, 0.29) is 11.9 Å². The van der Waals surface area contributed by atoms with Crippen LogP contribution in [-0.2, 0) is 22.3 Å². The smallest absolute Gasteiger partial charge is 0.163 e. The average Bonchev–Trinajstić information content (AvgIpc) is 2.80. The van der Waals surface area contributed by atoms with Crippen molar-refractivity contribution in [2.24, 2.45) is 0 Å². The number of halogens is 1. The first kappa shape index (κ1) is 15.8. The monoisotopic (exact) mass is 326 g/mol. The fourth-order valence-corrected chi connectivity index (χ4v) is 4.04. The van der Waals surface area contributed by atoms with Crippen LogP contribution in [0.4, 0.5) is 4.39 Å². The van der Waals surface area contributed by atoms with Crippen LogP contribution >= 0.6 is 0 Å². The van der Waals surface area contributed by atoms with Gasteiger partial charge in [-0.2, -0.15) is 0 Å². The molecule has 24 heavy (non-hydrogen) atoms. The summed E-state index contributed by atoms with van der Waals surface area (Å²) in [6.45, 7) is 4.54. The van der Waals surface area contributed by atoms with Crippen LogP contribution in [0.1, 0.15) is 48.4 Å². The van der Waals surface area contributed by atoms with E-state index in [1.54, 1.807) is 12.1 Å². The Morgan fingerprint density at radius 2 is 1.92 bits per heavy atom. The summed E-state index contributed by atoms with van der Waals surface area (Å²) in [5.74, 6) is -0.328. The highest BCUT2D eigenvalue weighted by Gasteiger charge is 2.35. The summed E-state index contributed by atoms with van der Waals surface area (Å²) in [5.41, 5.74) is 5.05. The van der Waals surface area contributed by atoms with E-state index < -0.39 is 5.79 Å². The van der Waals surface area contributed by atoms with Crippen molar-refractivity contribution < 1.29 is 13.9 Å². The van der Waals surface area contributed by atoms with Gasteiger partial charge in [0, 0.05) is 0 Å². The number of ether oxygens (including phenoxy) is 2. The van der Waals surface area contributed by atoms with Crippen LogP contribution in [0.3, 0.4) is 0 Å². The lowest BCUT2D eigenvalue weighted by Crippen LogP contribution is -2.23. The normalized spacial score (nSPS) is 25.0. The van der Waals surface area contributed by atoms with E-state index in [9.17, 15) is 4.39 Å². The van der Waals surface area contributed by atoms with Gasteiger partial charge in [-0.05, 0) is 73.4 Å². The van der Waals surface area contributed by atoms with Gasteiger partial charge in [0.25, 0.3) is 0 Å². The molecule has 126 valence electrons. The summed E-state index contributed by atoms with van der Waals surface area (Å²) in [7, 11) is 0. The Labute approximate surface area is 142 Å². The standard InChI is InChI=1S/C21H23FO2/c1-21(2)23-13-19(24-21)12-17-10-16-11-18(22)8-7-14(16)9-15-5-3-4-6-20(15)17/h3-8,11,17,19H,9-10,12-13H2,1-2H3/t17-,19-/m1/s1. The number of fused-ring (bicyclic) bond motifs is 2. The molecule has 0 unspecified atom stereocenters. The molecule has 0 spiro atoms. The van der Waals surface area contributed by atoms with Crippen LogP contribution in [-0.4, -0.2) is 18.5 Å². The Bertz CT molecular complexity index is 753. The molecule has 1 aliphatic heterocycles. The van der Waals surface area contributed by atoms with Crippen LogP contribution < -0.4 is 0 Å². The topological polar surface area (TPSA) is 18.5 Å². The third-order valence-corrected chi connectivity index (χ3v) is 5.13. The first-order valence-electron chi connectivity index (χ1n) is 8.67. The van der Waals surface area contributed by atoms with E-state index in [1.807, 2.05) is 19.9 Å². The molecule has 0 bridgehead atoms. The van der Waals surface area contributed by atoms with E-state index in [2.05, 4.69) is 24.3 Å². The maximum Gasteiger partial charge on any atom is 0.163 e. The second-order valence-corrected chi connectivity index (χ2v) is 7.38. The van der Waals surface area contributed by atoms with Gasteiger partial charge in [0.05, 0.1) is 12.7 Å². The van der Waals surface area contributed by atoms with E-state index in [0.29, 0.717) is 12.5 Å². The van der Waals surface area contributed by atoms with E-state index in [4.69, 9.17) is 9.47 Å². The fourth-order valence-electron chi connectivity index (χ4n) is 4.04. The molecular weight excluding hydrogens is 303 g/mol. The largest absolute Gasteiger partial charge is 0.348 e. The van der Waals surface area contributed by atoms with Gasteiger partial charge in [0.2, 0.25) is 0 Å². The van der Waals surface area contributed by atoms with E-state index in [1.165, 1.54) is 16.7 Å². The van der Waals surface area contributed by atoms with Crippen molar-refractivity contribution >= 4 is 0 Å². The third-order valence-electron chi connectivity index (χ3n) is 5.13. The van der Waals surface area contributed by atoms with Crippen molar-refractivity contribution in [3.63, 3.8) is 0 Å².